The van der Waals surface area contributed by atoms with E-state index in [-0.39, 0.29) is 17.1 Å². The van der Waals surface area contributed by atoms with E-state index < -0.39 is 85.6 Å². The van der Waals surface area contributed by atoms with E-state index in [0.29, 0.717) is 5.69 Å². The molecule has 1 fully saturated rings. The monoisotopic (exact) mass is 538 g/mol. The van der Waals surface area contributed by atoms with Gasteiger partial charge in [0.25, 0.3) is 10.9 Å². The first-order chi connectivity index (χ1) is 18.0. The van der Waals surface area contributed by atoms with Crippen LogP contribution in [0.1, 0.15) is 0 Å². The van der Waals surface area contributed by atoms with Crippen LogP contribution in [0.4, 0.5) is 17.1 Å². The number of amides is 2. The van der Waals surface area contributed by atoms with Crippen molar-refractivity contribution in [1.82, 2.24) is 10.6 Å². The van der Waals surface area contributed by atoms with Crippen LogP contribution in [0, 0.1) is 0 Å². The van der Waals surface area contributed by atoms with E-state index in [1.54, 1.807) is 0 Å². The van der Waals surface area contributed by atoms with Crippen LogP contribution in [0.15, 0.2) is 33.9 Å². The molecule has 1 saturated heterocycles. The Bertz CT molecular complexity index is 1220. The van der Waals surface area contributed by atoms with E-state index in [1.165, 1.54) is 24.3 Å². The van der Waals surface area contributed by atoms with E-state index in [4.69, 9.17) is 14.6 Å². The van der Waals surface area contributed by atoms with Crippen molar-refractivity contribution in [3.05, 3.63) is 44.7 Å². The van der Waals surface area contributed by atoms with E-state index in [1.807, 2.05) is 0 Å². The molecule has 0 saturated carbocycles. The molecule has 2 amide bonds. The molecule has 1 aliphatic rings. The van der Waals surface area contributed by atoms with Crippen LogP contribution in [0.3, 0.4) is 0 Å². The summed E-state index contributed by atoms with van der Waals surface area (Å²) in [5.41, 5.74) is -1.60. The van der Waals surface area contributed by atoms with Gasteiger partial charge in [-0.1, -0.05) is 0 Å². The number of carbonyl (C=O) groups excluding carboxylic acids is 2. The maximum absolute atomic E-state index is 12.0. The number of aliphatic hydroxyl groups is 4. The van der Waals surface area contributed by atoms with Gasteiger partial charge in [-0.3, -0.25) is 24.0 Å². The minimum Gasteiger partial charge on any atom is -0.480 e. The van der Waals surface area contributed by atoms with Gasteiger partial charge in [-0.05, 0) is 24.3 Å². The molecule has 16 nitrogen and oxygen atoms in total. The van der Waals surface area contributed by atoms with Gasteiger partial charge in [0.15, 0.2) is 0 Å². The quantitative estimate of drug-likeness (QED) is 0.117. The largest absolute Gasteiger partial charge is 0.480 e. The van der Waals surface area contributed by atoms with Crippen LogP contribution in [0.25, 0.3) is 0 Å². The lowest BCUT2D eigenvalue weighted by molar-refractivity contribution is -0.277. The average Bonchev–Trinajstić information content (AvgIpc) is 2.90. The number of rotatable bonds is 12. The fourth-order valence-electron chi connectivity index (χ4n) is 3.39. The lowest BCUT2D eigenvalue weighted by Gasteiger charge is -2.39. The minimum absolute atomic E-state index is 0.107. The van der Waals surface area contributed by atoms with Crippen LogP contribution in [-0.2, 0) is 19.1 Å². The second-order valence-corrected chi connectivity index (χ2v) is 8.17. The van der Waals surface area contributed by atoms with Crippen molar-refractivity contribution >= 4 is 34.8 Å². The van der Waals surface area contributed by atoms with E-state index >= 15 is 0 Å². The molecule has 0 aromatic heterocycles. The Morgan fingerprint density at radius 2 is 1.45 bits per heavy atom. The summed E-state index contributed by atoms with van der Waals surface area (Å²) in [5, 5.41) is 57.0. The zero-order valence-electron chi connectivity index (χ0n) is 19.6. The van der Waals surface area contributed by atoms with E-state index in [9.17, 15) is 44.4 Å². The molecule has 206 valence electrons. The van der Waals surface area contributed by atoms with Crippen molar-refractivity contribution in [3.63, 3.8) is 0 Å². The maximum atomic E-state index is 12.0. The SMILES string of the molecule is O=C(O)CNC(=O)CNC(=O)CNc1c(Nc2ccc(O[C@H]3O[C@H](CO)[C@@H](O)[C@H](O)[C@@H]3O)cc2)c(=O)c1=O. The molecule has 3 rings (SSSR count). The van der Waals surface area contributed by atoms with Crippen LogP contribution in [-0.4, -0.2) is 100 Å². The molecular weight excluding hydrogens is 512 g/mol. The lowest BCUT2D eigenvalue weighted by atomic mass is 9.99. The van der Waals surface area contributed by atoms with Gasteiger partial charge in [-0.15, -0.1) is 0 Å². The van der Waals surface area contributed by atoms with Gasteiger partial charge >= 0.3 is 5.97 Å². The molecule has 38 heavy (non-hydrogen) atoms. The van der Waals surface area contributed by atoms with Crippen LogP contribution < -0.4 is 36.9 Å². The third-order valence-electron chi connectivity index (χ3n) is 5.44. The molecule has 2 aromatic rings. The van der Waals surface area contributed by atoms with Crippen molar-refractivity contribution in [1.29, 1.82) is 0 Å². The van der Waals surface area contributed by atoms with Crippen LogP contribution in [0.2, 0.25) is 0 Å². The molecule has 16 heteroatoms. The van der Waals surface area contributed by atoms with Crippen molar-refractivity contribution in [2.24, 2.45) is 0 Å². The Morgan fingerprint density at radius 1 is 0.842 bits per heavy atom. The Labute approximate surface area is 213 Å². The van der Waals surface area contributed by atoms with Gasteiger partial charge in [0.2, 0.25) is 18.1 Å². The predicted octanol–water partition coefficient (Wildman–Crippen LogP) is -4.07. The summed E-state index contributed by atoms with van der Waals surface area (Å²) in [5.74, 6) is -2.49. The fourth-order valence-corrected chi connectivity index (χ4v) is 3.39. The molecule has 1 heterocycles. The fraction of sp³-hybridized carbons (Fsp3) is 0.409. The highest BCUT2D eigenvalue weighted by molar-refractivity contribution is 5.89. The summed E-state index contributed by atoms with van der Waals surface area (Å²) < 4.78 is 10.7. The van der Waals surface area contributed by atoms with Gasteiger partial charge < -0.3 is 56.3 Å². The topological polar surface area (TPSA) is 253 Å². The highest BCUT2D eigenvalue weighted by atomic mass is 16.7. The molecule has 5 atom stereocenters. The Morgan fingerprint density at radius 3 is 2.08 bits per heavy atom. The second kappa shape index (κ2) is 12.4. The number of hydrogen-bond acceptors (Lipinski definition) is 13. The van der Waals surface area contributed by atoms with Crippen molar-refractivity contribution < 1.29 is 49.4 Å². The first kappa shape index (κ1) is 28.5. The highest BCUT2D eigenvalue weighted by Crippen LogP contribution is 2.26. The summed E-state index contributed by atoms with van der Waals surface area (Å²) in [7, 11) is 0. The number of carbonyl (C=O) groups is 3. The number of anilines is 3. The number of ether oxygens (including phenoxy) is 2. The van der Waals surface area contributed by atoms with Gasteiger partial charge in [0.05, 0.1) is 19.7 Å². The Hall–Kier alpha value is -4.09. The summed E-state index contributed by atoms with van der Waals surface area (Å²) >= 11 is 0. The van der Waals surface area contributed by atoms with E-state index in [0.717, 1.165) is 0 Å². The summed E-state index contributed by atoms with van der Waals surface area (Å²) in [6.45, 7) is -2.15. The summed E-state index contributed by atoms with van der Waals surface area (Å²) in [6.07, 6.45) is -7.27. The number of aliphatic hydroxyl groups excluding tert-OH is 4. The third kappa shape index (κ3) is 6.81. The van der Waals surface area contributed by atoms with Crippen molar-refractivity contribution in [3.8, 4) is 5.75 Å². The standard InChI is InChI=1S/C22H26N4O12/c27-8-11-17(32)20(35)21(36)22(38-11)37-10-3-1-9(2-4-10)26-16-15(18(33)19(16)34)25-6-13(29)23-5-12(28)24-7-14(30)31/h1-4,11,17,20-22,25-27,32,35-36H,5-8H2,(H,23,29)(H,24,28)(H,30,31)/t11-,17-,20+,21+,22+/m1/s1. The average molecular weight is 538 g/mol. The molecule has 0 aliphatic carbocycles. The molecule has 0 radical (unpaired) electrons. The molecule has 2 aromatic carbocycles. The molecule has 0 unspecified atom stereocenters. The normalized spacial score (nSPS) is 22.9. The molecule has 1 aliphatic heterocycles. The second-order valence-electron chi connectivity index (χ2n) is 8.17. The zero-order chi connectivity index (χ0) is 28.0. The molecule has 0 bridgehead atoms. The summed E-state index contributed by atoms with van der Waals surface area (Å²) in [4.78, 5) is 57.6. The van der Waals surface area contributed by atoms with Gasteiger partial charge in [0, 0.05) is 5.69 Å². The number of carboxylic acid groups (broad SMARTS) is 1. The van der Waals surface area contributed by atoms with Gasteiger partial charge in [-0.2, -0.15) is 0 Å². The Kier molecular flexibility index (Phi) is 9.32. The number of aliphatic carboxylic acids is 1. The first-order valence-electron chi connectivity index (χ1n) is 11.2. The maximum Gasteiger partial charge on any atom is 0.322 e. The number of carboxylic acids is 1. The number of benzene rings is 1. The van der Waals surface area contributed by atoms with Crippen molar-refractivity contribution in [2.45, 2.75) is 30.7 Å². The minimum atomic E-state index is -1.61. The van der Waals surface area contributed by atoms with Crippen molar-refractivity contribution in [2.75, 3.05) is 36.9 Å². The van der Waals surface area contributed by atoms with Gasteiger partial charge in [0.1, 0.15) is 48.1 Å². The third-order valence-corrected chi connectivity index (χ3v) is 5.44. The van der Waals surface area contributed by atoms with Crippen LogP contribution in [0.5, 0.6) is 5.75 Å². The highest BCUT2D eigenvalue weighted by Gasteiger charge is 2.44. The lowest BCUT2D eigenvalue weighted by Crippen LogP contribution is -2.60. The summed E-state index contributed by atoms with van der Waals surface area (Å²) in [6, 6.07) is 5.77. The van der Waals surface area contributed by atoms with E-state index in [2.05, 4.69) is 21.3 Å². The smallest absolute Gasteiger partial charge is 0.322 e. The zero-order valence-corrected chi connectivity index (χ0v) is 19.6. The van der Waals surface area contributed by atoms with Gasteiger partial charge in [-0.25, -0.2) is 0 Å². The number of hydrogen-bond donors (Lipinski definition) is 9. The van der Waals surface area contributed by atoms with Crippen LogP contribution >= 0.6 is 0 Å². The number of nitrogens with one attached hydrogen (secondary N) is 4. The first-order valence-corrected chi connectivity index (χ1v) is 11.2. The molecular formula is C22H26N4O12. The molecule has 9 N–H and O–H groups in total. The Balaban J connectivity index is 1.54. The molecule has 0 spiro atoms. The predicted molar refractivity (Wildman–Crippen MR) is 128 cm³/mol.